The molecule has 0 aliphatic carbocycles. The van der Waals surface area contributed by atoms with Gasteiger partial charge in [-0.1, -0.05) is 58.3 Å². The van der Waals surface area contributed by atoms with E-state index in [0.29, 0.717) is 6.42 Å². The molecule has 0 rings (SSSR count). The minimum absolute atomic E-state index is 0.00579. The molecular formula is C12H27BO4. The monoisotopic (exact) mass is 246 g/mol. The zero-order valence-corrected chi connectivity index (χ0v) is 11.0. The molecule has 0 fully saturated rings. The van der Waals surface area contributed by atoms with Gasteiger partial charge < -0.3 is 19.8 Å². The molecule has 0 aliphatic rings. The van der Waals surface area contributed by atoms with E-state index >= 15 is 0 Å². The van der Waals surface area contributed by atoms with Crippen molar-refractivity contribution in [1.29, 1.82) is 0 Å². The first-order valence-corrected chi connectivity index (χ1v) is 6.82. The highest BCUT2D eigenvalue weighted by Crippen LogP contribution is 2.10. The van der Waals surface area contributed by atoms with E-state index in [9.17, 15) is 5.11 Å². The molecule has 0 aromatic rings. The molecule has 0 bridgehead atoms. The second-order valence-electron chi connectivity index (χ2n) is 4.58. The van der Waals surface area contributed by atoms with Gasteiger partial charge in [0.15, 0.2) is 0 Å². The van der Waals surface area contributed by atoms with Crippen LogP contribution in [0.15, 0.2) is 0 Å². The molecule has 0 saturated heterocycles. The Bertz CT molecular complexity index is 155. The molecule has 0 saturated carbocycles. The van der Waals surface area contributed by atoms with Crippen molar-refractivity contribution in [2.45, 2.75) is 70.8 Å². The lowest BCUT2D eigenvalue weighted by atomic mass is 10.1. The number of aliphatic hydroxyl groups excluding tert-OH is 1. The molecule has 1 atom stereocenters. The van der Waals surface area contributed by atoms with Gasteiger partial charge in [-0.3, -0.25) is 0 Å². The molecule has 0 aromatic heterocycles. The van der Waals surface area contributed by atoms with Gasteiger partial charge in [-0.2, -0.15) is 0 Å². The van der Waals surface area contributed by atoms with Crippen LogP contribution < -0.4 is 0 Å². The van der Waals surface area contributed by atoms with E-state index in [2.05, 4.69) is 11.6 Å². The summed E-state index contributed by atoms with van der Waals surface area (Å²) in [4.78, 5) is 0. The van der Waals surface area contributed by atoms with E-state index in [1.54, 1.807) is 0 Å². The van der Waals surface area contributed by atoms with Gasteiger partial charge in [-0.15, -0.1) is 0 Å². The van der Waals surface area contributed by atoms with E-state index in [-0.39, 0.29) is 6.61 Å². The van der Waals surface area contributed by atoms with Crippen molar-refractivity contribution in [2.75, 3.05) is 6.61 Å². The van der Waals surface area contributed by atoms with Crippen LogP contribution in [0.1, 0.15) is 64.7 Å². The second kappa shape index (κ2) is 12.4. The zero-order valence-electron chi connectivity index (χ0n) is 11.0. The van der Waals surface area contributed by atoms with Crippen LogP contribution in [0.25, 0.3) is 0 Å². The quantitative estimate of drug-likeness (QED) is 0.363. The molecule has 0 aromatic carbocycles. The maximum Gasteiger partial charge on any atom is 0.633 e. The zero-order chi connectivity index (χ0) is 12.9. The fourth-order valence-electron chi connectivity index (χ4n) is 1.79. The first-order chi connectivity index (χ1) is 8.16. The van der Waals surface area contributed by atoms with Crippen LogP contribution in [-0.4, -0.2) is 35.2 Å². The van der Waals surface area contributed by atoms with Crippen molar-refractivity contribution in [3.8, 4) is 0 Å². The van der Waals surface area contributed by atoms with Crippen molar-refractivity contribution in [1.82, 2.24) is 0 Å². The number of unbranched alkanes of at least 4 members (excludes halogenated alkanes) is 7. The molecule has 0 spiro atoms. The summed E-state index contributed by atoms with van der Waals surface area (Å²) in [5, 5.41) is 26.3. The summed E-state index contributed by atoms with van der Waals surface area (Å²) in [5.74, 6) is 0. The number of hydrogen-bond acceptors (Lipinski definition) is 4. The van der Waals surface area contributed by atoms with Crippen molar-refractivity contribution in [3.63, 3.8) is 0 Å². The van der Waals surface area contributed by atoms with Crippen LogP contribution in [0.4, 0.5) is 0 Å². The minimum atomic E-state index is -1.77. The number of aliphatic hydroxyl groups is 1. The highest BCUT2D eigenvalue weighted by atomic mass is 16.6. The lowest BCUT2D eigenvalue weighted by molar-refractivity contribution is 0.0695. The van der Waals surface area contributed by atoms with Crippen LogP contribution in [0.5, 0.6) is 0 Å². The van der Waals surface area contributed by atoms with E-state index in [4.69, 9.17) is 10.0 Å². The Kier molecular flexibility index (Phi) is 12.3. The Morgan fingerprint density at radius 2 is 1.47 bits per heavy atom. The third kappa shape index (κ3) is 13.8. The number of rotatable bonds is 12. The van der Waals surface area contributed by atoms with Gasteiger partial charge in [0.05, 0.1) is 12.7 Å². The van der Waals surface area contributed by atoms with Gasteiger partial charge in [0, 0.05) is 0 Å². The van der Waals surface area contributed by atoms with Gasteiger partial charge in [-0.05, 0) is 6.42 Å². The van der Waals surface area contributed by atoms with E-state index in [0.717, 1.165) is 12.8 Å². The molecule has 1 unspecified atom stereocenters. The first-order valence-electron chi connectivity index (χ1n) is 6.82. The Morgan fingerprint density at radius 3 is 2.00 bits per heavy atom. The fraction of sp³-hybridized carbons (Fsp3) is 1.00. The molecule has 0 heterocycles. The van der Waals surface area contributed by atoms with Gasteiger partial charge in [0.25, 0.3) is 0 Å². The normalized spacial score (nSPS) is 12.7. The average Bonchev–Trinajstić information content (AvgIpc) is 2.30. The van der Waals surface area contributed by atoms with Crippen LogP contribution in [0, 0.1) is 0 Å². The molecule has 3 N–H and O–H groups in total. The predicted octanol–water partition coefficient (Wildman–Crippen LogP) is 1.86. The molecule has 5 heteroatoms. The van der Waals surface area contributed by atoms with Crippen LogP contribution in [0.2, 0.25) is 0 Å². The van der Waals surface area contributed by atoms with Crippen molar-refractivity contribution >= 4 is 7.32 Å². The lowest BCUT2D eigenvalue weighted by Crippen LogP contribution is -2.24. The standard InChI is InChI=1S/C12H27BO4/c1-2-3-4-5-6-7-8-9-10-12(14)11-17-13(15)16/h12,14-16H,2-11H2,1H3. The highest BCUT2D eigenvalue weighted by molar-refractivity contribution is 6.32. The molecular weight excluding hydrogens is 219 g/mol. The predicted molar refractivity (Wildman–Crippen MR) is 69.4 cm³/mol. The summed E-state index contributed by atoms with van der Waals surface area (Å²) in [6.07, 6.45) is 9.95. The van der Waals surface area contributed by atoms with Crippen molar-refractivity contribution < 1.29 is 19.8 Å². The van der Waals surface area contributed by atoms with Crippen LogP contribution in [-0.2, 0) is 4.65 Å². The van der Waals surface area contributed by atoms with Gasteiger partial charge in [0.1, 0.15) is 0 Å². The second-order valence-corrected chi connectivity index (χ2v) is 4.58. The summed E-state index contributed by atoms with van der Waals surface area (Å²) >= 11 is 0. The largest absolute Gasteiger partial charge is 0.633 e. The Morgan fingerprint density at radius 1 is 0.941 bits per heavy atom. The molecule has 0 aliphatic heterocycles. The van der Waals surface area contributed by atoms with E-state index in [1.165, 1.54) is 38.5 Å². The molecule has 0 radical (unpaired) electrons. The van der Waals surface area contributed by atoms with Crippen molar-refractivity contribution in [3.05, 3.63) is 0 Å². The summed E-state index contributed by atoms with van der Waals surface area (Å²) < 4.78 is 4.49. The van der Waals surface area contributed by atoms with Gasteiger partial charge >= 0.3 is 7.32 Å². The fourth-order valence-corrected chi connectivity index (χ4v) is 1.79. The Labute approximate surface area is 105 Å². The molecule has 102 valence electrons. The van der Waals surface area contributed by atoms with Gasteiger partial charge in [0.2, 0.25) is 0 Å². The number of hydrogen-bond donors (Lipinski definition) is 3. The van der Waals surface area contributed by atoms with Crippen LogP contribution in [0.3, 0.4) is 0 Å². The minimum Gasteiger partial charge on any atom is -0.402 e. The van der Waals surface area contributed by atoms with Crippen LogP contribution >= 0.6 is 0 Å². The van der Waals surface area contributed by atoms with E-state index in [1.807, 2.05) is 0 Å². The lowest BCUT2D eigenvalue weighted by Gasteiger charge is -2.10. The third-order valence-electron chi connectivity index (χ3n) is 2.83. The van der Waals surface area contributed by atoms with E-state index < -0.39 is 13.4 Å². The average molecular weight is 246 g/mol. The highest BCUT2D eigenvalue weighted by Gasteiger charge is 2.11. The topological polar surface area (TPSA) is 69.9 Å². The Hall–Kier alpha value is -0.0951. The summed E-state index contributed by atoms with van der Waals surface area (Å²) in [7, 11) is -1.77. The molecule has 0 amide bonds. The summed E-state index contributed by atoms with van der Waals surface area (Å²) in [6.45, 7) is 2.21. The van der Waals surface area contributed by atoms with Crippen molar-refractivity contribution in [2.24, 2.45) is 0 Å². The summed E-state index contributed by atoms with van der Waals surface area (Å²) in [5.41, 5.74) is 0. The maximum absolute atomic E-state index is 9.42. The maximum atomic E-state index is 9.42. The van der Waals surface area contributed by atoms with Gasteiger partial charge in [-0.25, -0.2) is 0 Å². The molecule has 4 nitrogen and oxygen atoms in total. The SMILES string of the molecule is CCCCCCCCCCC(O)COB(O)O. The summed E-state index contributed by atoms with van der Waals surface area (Å²) in [6, 6.07) is 0. The Balaban J connectivity index is 3.11. The first kappa shape index (κ1) is 16.9. The molecule has 17 heavy (non-hydrogen) atoms. The third-order valence-corrected chi connectivity index (χ3v) is 2.83. The smallest absolute Gasteiger partial charge is 0.402 e.